The largest absolute Gasteiger partial charge is 0.490 e. The Morgan fingerprint density at radius 1 is 1.08 bits per heavy atom. The van der Waals surface area contributed by atoms with Crippen molar-refractivity contribution in [3.63, 3.8) is 0 Å². The van der Waals surface area contributed by atoms with Gasteiger partial charge in [-0.2, -0.15) is 0 Å². The molecule has 1 N–H and O–H groups in total. The molecule has 2 aliphatic rings. The number of benzene rings is 1. The number of carbonyl (C=O) groups excluding carboxylic acids is 2. The summed E-state index contributed by atoms with van der Waals surface area (Å²) in [6.45, 7) is 4.93. The van der Waals surface area contributed by atoms with Crippen LogP contribution in [0.15, 0.2) is 29.5 Å². The monoisotopic (exact) mass is 329 g/mol. The van der Waals surface area contributed by atoms with Gasteiger partial charge in [-0.15, -0.1) is 0 Å². The Kier molecular flexibility index (Phi) is 4.88. The molecule has 1 aromatic rings. The van der Waals surface area contributed by atoms with Gasteiger partial charge < -0.3 is 14.8 Å². The molecule has 0 spiro atoms. The summed E-state index contributed by atoms with van der Waals surface area (Å²) in [6.07, 6.45) is 2.42. The highest BCUT2D eigenvalue weighted by atomic mass is 16.5. The zero-order valence-corrected chi connectivity index (χ0v) is 14.2. The lowest BCUT2D eigenvalue weighted by atomic mass is 9.78. The minimum absolute atomic E-state index is 0.0275. The van der Waals surface area contributed by atoms with E-state index in [4.69, 9.17) is 9.47 Å². The van der Waals surface area contributed by atoms with Gasteiger partial charge in [0.15, 0.2) is 17.3 Å². The van der Waals surface area contributed by atoms with E-state index in [9.17, 15) is 9.59 Å². The van der Waals surface area contributed by atoms with Crippen LogP contribution in [0, 0.1) is 0 Å². The van der Waals surface area contributed by atoms with Crippen LogP contribution >= 0.6 is 0 Å². The summed E-state index contributed by atoms with van der Waals surface area (Å²) >= 11 is 0. The smallest absolute Gasteiger partial charge is 0.225 e. The number of ether oxygens (including phenoxy) is 2. The molecule has 0 aromatic heterocycles. The molecule has 0 radical (unpaired) electrons. The fourth-order valence-corrected chi connectivity index (χ4v) is 3.47. The lowest BCUT2D eigenvalue weighted by Gasteiger charge is -2.31. The summed E-state index contributed by atoms with van der Waals surface area (Å²) in [5, 5.41) is 2.88. The van der Waals surface area contributed by atoms with Gasteiger partial charge in [0.25, 0.3) is 0 Å². The molecule has 3 rings (SSSR count). The predicted molar refractivity (Wildman–Crippen MR) is 90.2 cm³/mol. The minimum atomic E-state index is -0.198. The van der Waals surface area contributed by atoms with Gasteiger partial charge in [-0.3, -0.25) is 9.59 Å². The Balaban J connectivity index is 2.01. The van der Waals surface area contributed by atoms with E-state index in [-0.39, 0.29) is 17.6 Å². The van der Waals surface area contributed by atoms with Gasteiger partial charge in [0.1, 0.15) is 0 Å². The molecule has 0 saturated carbocycles. The summed E-state index contributed by atoms with van der Waals surface area (Å²) in [5.41, 5.74) is 2.51. The van der Waals surface area contributed by atoms with Gasteiger partial charge in [0.05, 0.1) is 13.2 Å². The molecule has 0 fully saturated rings. The molecule has 1 atom stereocenters. The number of ketones is 1. The minimum Gasteiger partial charge on any atom is -0.490 e. The number of nitrogens with one attached hydrogen (secondary N) is 1. The van der Waals surface area contributed by atoms with E-state index in [2.05, 4.69) is 5.32 Å². The van der Waals surface area contributed by atoms with E-state index in [1.807, 2.05) is 32.0 Å². The van der Waals surface area contributed by atoms with Crippen LogP contribution in [0.4, 0.5) is 0 Å². The number of allylic oxidation sites excluding steroid dienone is 2. The van der Waals surface area contributed by atoms with Crippen molar-refractivity contribution >= 4 is 11.7 Å². The molecule has 1 aliphatic heterocycles. The summed E-state index contributed by atoms with van der Waals surface area (Å²) < 4.78 is 11.3. The summed E-state index contributed by atoms with van der Waals surface area (Å²) in [4.78, 5) is 24.5. The van der Waals surface area contributed by atoms with Crippen molar-refractivity contribution in [2.45, 2.75) is 45.4 Å². The highest BCUT2D eigenvalue weighted by molar-refractivity contribution is 6.01. The van der Waals surface area contributed by atoms with Crippen molar-refractivity contribution in [3.05, 3.63) is 35.0 Å². The maximum atomic E-state index is 12.4. The van der Waals surface area contributed by atoms with Crippen molar-refractivity contribution in [2.24, 2.45) is 0 Å². The van der Waals surface area contributed by atoms with Gasteiger partial charge in [-0.05, 0) is 44.4 Å². The third-order valence-corrected chi connectivity index (χ3v) is 4.45. The first-order chi connectivity index (χ1) is 11.6. The normalized spacial score (nSPS) is 20.5. The van der Waals surface area contributed by atoms with Crippen LogP contribution < -0.4 is 14.8 Å². The molecule has 5 heteroatoms. The zero-order chi connectivity index (χ0) is 17.1. The maximum absolute atomic E-state index is 12.4. The van der Waals surface area contributed by atoms with E-state index in [0.29, 0.717) is 37.6 Å². The van der Waals surface area contributed by atoms with Gasteiger partial charge in [0, 0.05) is 30.0 Å². The van der Waals surface area contributed by atoms with Gasteiger partial charge in [-0.25, -0.2) is 0 Å². The van der Waals surface area contributed by atoms with E-state index < -0.39 is 0 Å². The third-order valence-electron chi connectivity index (χ3n) is 4.45. The number of amides is 1. The lowest BCUT2D eigenvalue weighted by molar-refractivity contribution is -0.122. The number of hydrogen-bond acceptors (Lipinski definition) is 4. The van der Waals surface area contributed by atoms with Crippen molar-refractivity contribution in [3.8, 4) is 11.5 Å². The van der Waals surface area contributed by atoms with Crippen LogP contribution in [0.25, 0.3) is 0 Å². The summed E-state index contributed by atoms with van der Waals surface area (Å²) in [6, 6.07) is 5.71. The SMILES string of the molecule is CCOc1ccc([C@@H]2CC(=O)NC3=C2C(=O)CCC3)cc1OCC. The number of rotatable bonds is 5. The molecule has 1 aromatic carbocycles. The molecule has 24 heavy (non-hydrogen) atoms. The molecule has 0 bridgehead atoms. The molecular weight excluding hydrogens is 306 g/mol. The first kappa shape index (κ1) is 16.6. The quantitative estimate of drug-likeness (QED) is 0.901. The Bertz CT molecular complexity index is 693. The van der Waals surface area contributed by atoms with Crippen LogP contribution in [0.3, 0.4) is 0 Å². The third kappa shape index (κ3) is 3.16. The second kappa shape index (κ2) is 7.07. The van der Waals surface area contributed by atoms with E-state index in [1.165, 1.54) is 0 Å². The van der Waals surface area contributed by atoms with Crippen LogP contribution in [0.2, 0.25) is 0 Å². The lowest BCUT2D eigenvalue weighted by Crippen LogP contribution is -2.36. The molecule has 1 aliphatic carbocycles. The second-order valence-electron chi connectivity index (χ2n) is 6.05. The maximum Gasteiger partial charge on any atom is 0.225 e. The van der Waals surface area contributed by atoms with Crippen molar-refractivity contribution in [2.75, 3.05) is 13.2 Å². The average molecular weight is 329 g/mol. The van der Waals surface area contributed by atoms with Gasteiger partial charge in [0.2, 0.25) is 5.91 Å². The fraction of sp³-hybridized carbons (Fsp3) is 0.474. The Morgan fingerprint density at radius 2 is 1.83 bits per heavy atom. The number of Topliss-reactive ketones (excluding diaryl/α,β-unsaturated/α-hetero) is 1. The Morgan fingerprint density at radius 3 is 2.58 bits per heavy atom. The molecule has 1 heterocycles. The zero-order valence-electron chi connectivity index (χ0n) is 14.2. The highest BCUT2D eigenvalue weighted by Crippen LogP contribution is 2.40. The van der Waals surface area contributed by atoms with Crippen molar-refractivity contribution in [1.82, 2.24) is 5.32 Å². The fourth-order valence-electron chi connectivity index (χ4n) is 3.47. The Hall–Kier alpha value is -2.30. The standard InChI is InChI=1S/C19H23NO4/c1-3-23-16-9-8-12(10-17(16)24-4-2)13-11-18(22)20-14-6-5-7-15(21)19(13)14/h8-10,13H,3-7,11H2,1-2H3,(H,20,22)/t13-/m0/s1. The molecule has 0 unspecified atom stereocenters. The molecule has 5 nitrogen and oxygen atoms in total. The van der Waals surface area contributed by atoms with Crippen LogP contribution in [0.1, 0.15) is 51.0 Å². The first-order valence-corrected chi connectivity index (χ1v) is 8.59. The molecule has 1 amide bonds. The number of hydrogen-bond donors (Lipinski definition) is 1. The second-order valence-corrected chi connectivity index (χ2v) is 6.05. The topological polar surface area (TPSA) is 64.6 Å². The van der Waals surface area contributed by atoms with Crippen LogP contribution in [0.5, 0.6) is 11.5 Å². The predicted octanol–water partition coefficient (Wildman–Crippen LogP) is 3.09. The van der Waals surface area contributed by atoms with Crippen LogP contribution in [-0.4, -0.2) is 24.9 Å². The highest BCUT2D eigenvalue weighted by Gasteiger charge is 2.35. The average Bonchev–Trinajstić information content (AvgIpc) is 2.56. The van der Waals surface area contributed by atoms with E-state index >= 15 is 0 Å². The molecule has 128 valence electrons. The van der Waals surface area contributed by atoms with Crippen molar-refractivity contribution in [1.29, 1.82) is 0 Å². The van der Waals surface area contributed by atoms with Gasteiger partial charge >= 0.3 is 0 Å². The molecular formula is C19H23NO4. The van der Waals surface area contributed by atoms with Gasteiger partial charge in [-0.1, -0.05) is 6.07 Å². The van der Waals surface area contributed by atoms with Crippen LogP contribution in [-0.2, 0) is 9.59 Å². The number of carbonyl (C=O) groups is 2. The van der Waals surface area contributed by atoms with E-state index in [1.54, 1.807) is 0 Å². The Labute approximate surface area is 142 Å². The summed E-state index contributed by atoms with van der Waals surface area (Å²) in [7, 11) is 0. The first-order valence-electron chi connectivity index (χ1n) is 8.59. The van der Waals surface area contributed by atoms with Crippen molar-refractivity contribution < 1.29 is 19.1 Å². The van der Waals surface area contributed by atoms with E-state index in [0.717, 1.165) is 29.7 Å². The molecule has 0 saturated heterocycles. The summed E-state index contributed by atoms with van der Waals surface area (Å²) in [5.74, 6) is 1.27.